The van der Waals surface area contributed by atoms with E-state index in [2.05, 4.69) is 24.1 Å². The average Bonchev–Trinajstić information content (AvgIpc) is 2.96. The maximum Gasteiger partial charge on any atom is 0.265 e. The van der Waals surface area contributed by atoms with Crippen molar-refractivity contribution in [3.8, 4) is 0 Å². The van der Waals surface area contributed by atoms with Gasteiger partial charge < -0.3 is 10.2 Å². The van der Waals surface area contributed by atoms with Gasteiger partial charge in [0.2, 0.25) is 0 Å². The number of hydrogen-bond acceptors (Lipinski definition) is 4. The summed E-state index contributed by atoms with van der Waals surface area (Å²) in [6.45, 7) is 6.38. The van der Waals surface area contributed by atoms with E-state index in [-0.39, 0.29) is 24.2 Å². The van der Waals surface area contributed by atoms with E-state index in [4.69, 9.17) is 0 Å². The van der Waals surface area contributed by atoms with Gasteiger partial charge in [0.1, 0.15) is 5.82 Å². The first kappa shape index (κ1) is 28.1. The third-order valence-corrected chi connectivity index (χ3v) is 8.92. The Morgan fingerprint density at radius 2 is 1.70 bits per heavy atom. The minimum atomic E-state index is -0.332. The maximum atomic E-state index is 14.4. The van der Waals surface area contributed by atoms with Crippen molar-refractivity contribution in [1.82, 2.24) is 10.2 Å². The summed E-state index contributed by atoms with van der Waals surface area (Å²) < 4.78 is 14.4. The normalized spacial score (nSPS) is 20.4. The van der Waals surface area contributed by atoms with Crippen LogP contribution in [0.15, 0.2) is 82.6 Å². The molecule has 3 aromatic rings. The van der Waals surface area contributed by atoms with Gasteiger partial charge in [0, 0.05) is 41.2 Å². The molecule has 2 unspecified atom stereocenters. The van der Waals surface area contributed by atoms with E-state index in [0.717, 1.165) is 29.1 Å². The molecule has 0 saturated carbocycles. The number of likely N-dealkylation sites (tertiary alicyclic amines) is 1. The van der Waals surface area contributed by atoms with Crippen molar-refractivity contribution >= 4 is 35.3 Å². The van der Waals surface area contributed by atoms with Crippen LogP contribution in [-0.2, 0) is 11.3 Å². The molecule has 40 heavy (non-hydrogen) atoms. The van der Waals surface area contributed by atoms with E-state index in [1.54, 1.807) is 35.2 Å². The van der Waals surface area contributed by atoms with Gasteiger partial charge in [-0.15, -0.1) is 0 Å². The van der Waals surface area contributed by atoms with Crippen molar-refractivity contribution in [3.63, 3.8) is 0 Å². The number of nitrogens with zero attached hydrogens (tertiary/aromatic N) is 2. The summed E-state index contributed by atoms with van der Waals surface area (Å²) in [7, 11) is 0. The molecule has 1 fully saturated rings. The number of para-hydroxylation sites is 1. The van der Waals surface area contributed by atoms with Crippen LogP contribution in [0.5, 0.6) is 0 Å². The third-order valence-electron chi connectivity index (χ3n) is 7.84. The monoisotopic (exact) mass is 557 g/mol. The number of anilines is 1. The van der Waals surface area contributed by atoms with Gasteiger partial charge in [-0.25, -0.2) is 4.39 Å². The Bertz CT molecular complexity index is 1380. The summed E-state index contributed by atoms with van der Waals surface area (Å²) in [6, 6.07) is 22.7. The predicted octanol–water partition coefficient (Wildman–Crippen LogP) is 6.89. The number of amides is 2. The van der Waals surface area contributed by atoms with Gasteiger partial charge >= 0.3 is 0 Å². The van der Waals surface area contributed by atoms with Crippen LogP contribution in [0.2, 0.25) is 0 Å². The summed E-state index contributed by atoms with van der Waals surface area (Å²) in [6.07, 6.45) is 6.56. The van der Waals surface area contributed by atoms with Crippen LogP contribution < -0.4 is 10.2 Å². The number of nitrogens with one attached hydrogen (secondary N) is 1. The van der Waals surface area contributed by atoms with Crippen LogP contribution >= 0.6 is 11.8 Å². The van der Waals surface area contributed by atoms with Gasteiger partial charge in [0.05, 0.1) is 17.1 Å². The second-order valence-electron chi connectivity index (χ2n) is 10.7. The Morgan fingerprint density at radius 1 is 1.00 bits per heavy atom. The van der Waals surface area contributed by atoms with Crippen LogP contribution in [0, 0.1) is 5.82 Å². The molecule has 5 rings (SSSR count). The fourth-order valence-electron chi connectivity index (χ4n) is 5.58. The first-order valence-electron chi connectivity index (χ1n) is 14.1. The van der Waals surface area contributed by atoms with Crippen LogP contribution in [0.4, 0.5) is 10.1 Å². The fourth-order valence-corrected chi connectivity index (χ4v) is 6.64. The van der Waals surface area contributed by atoms with Crippen LogP contribution in [0.1, 0.15) is 61.0 Å². The molecular weight excluding hydrogens is 521 g/mol. The minimum Gasteiger partial charge on any atom is -0.352 e. The number of piperidine rings is 1. The molecule has 2 amide bonds. The smallest absolute Gasteiger partial charge is 0.265 e. The highest BCUT2D eigenvalue weighted by atomic mass is 32.2. The Kier molecular flexibility index (Phi) is 9.02. The molecule has 0 aromatic heterocycles. The van der Waals surface area contributed by atoms with E-state index in [0.29, 0.717) is 34.7 Å². The Hall–Kier alpha value is -3.42. The standard InChI is InChI=1S/C33H36FN3O2S/c1-23-9-7-10-24(2)36(23)20-8-19-35-32(38)26-17-15-25(16-18-26)21-31-33(39)37(22-27-11-3-4-12-28(27)34)29-13-5-6-14-30(29)40-31/h3-6,11-18,21,23-24H,7-10,19-20,22H2,1-2H3,(H,35,38). The molecule has 1 saturated heterocycles. The first-order valence-corrected chi connectivity index (χ1v) is 14.9. The average molecular weight is 558 g/mol. The van der Waals surface area contributed by atoms with Crippen molar-refractivity contribution in [2.75, 3.05) is 18.0 Å². The lowest BCUT2D eigenvalue weighted by atomic mass is 9.97. The van der Waals surface area contributed by atoms with Gasteiger partial charge in [-0.3, -0.25) is 14.5 Å². The molecule has 208 valence electrons. The molecule has 3 aromatic carbocycles. The van der Waals surface area contributed by atoms with Crippen LogP contribution in [0.25, 0.3) is 6.08 Å². The molecule has 5 nitrogen and oxygen atoms in total. The number of halogens is 1. The second kappa shape index (κ2) is 12.8. The summed E-state index contributed by atoms with van der Waals surface area (Å²) in [5, 5.41) is 3.04. The van der Waals surface area contributed by atoms with Gasteiger partial charge in [0.15, 0.2) is 0 Å². The summed E-state index contributed by atoms with van der Waals surface area (Å²) in [5.41, 5.74) is 2.66. The largest absolute Gasteiger partial charge is 0.352 e. The van der Waals surface area contributed by atoms with Crippen molar-refractivity contribution in [2.45, 2.75) is 63.1 Å². The number of thioether (sulfide) groups is 1. The molecule has 0 aliphatic carbocycles. The highest BCUT2D eigenvalue weighted by molar-refractivity contribution is 8.04. The van der Waals surface area contributed by atoms with Gasteiger partial charge in [-0.1, -0.05) is 60.6 Å². The van der Waals surface area contributed by atoms with E-state index < -0.39 is 0 Å². The zero-order valence-electron chi connectivity index (χ0n) is 23.1. The number of carbonyl (C=O) groups is 2. The number of benzene rings is 3. The molecule has 2 heterocycles. The SMILES string of the molecule is CC1CCCC(C)N1CCCNC(=O)c1ccc(C=C2Sc3ccccc3N(Cc3ccccc3F)C2=O)cc1. The third kappa shape index (κ3) is 6.48. The highest BCUT2D eigenvalue weighted by Crippen LogP contribution is 2.42. The molecule has 0 spiro atoms. The zero-order valence-corrected chi connectivity index (χ0v) is 23.9. The topological polar surface area (TPSA) is 52.7 Å². The molecule has 0 radical (unpaired) electrons. The summed E-state index contributed by atoms with van der Waals surface area (Å²) >= 11 is 1.41. The van der Waals surface area contributed by atoms with Gasteiger partial charge in [0.25, 0.3) is 11.8 Å². The van der Waals surface area contributed by atoms with E-state index >= 15 is 0 Å². The number of rotatable bonds is 8. The Labute approximate surface area is 240 Å². The molecule has 2 aliphatic heterocycles. The molecule has 1 N–H and O–H groups in total. The van der Waals surface area contributed by atoms with E-state index in [1.165, 1.54) is 37.1 Å². The lowest BCUT2D eigenvalue weighted by Gasteiger charge is -2.39. The highest BCUT2D eigenvalue weighted by Gasteiger charge is 2.29. The molecule has 7 heteroatoms. The first-order chi connectivity index (χ1) is 19.4. The van der Waals surface area contributed by atoms with Crippen molar-refractivity contribution in [1.29, 1.82) is 0 Å². The van der Waals surface area contributed by atoms with Gasteiger partial charge in [-0.05, 0) is 75.1 Å². The van der Waals surface area contributed by atoms with Crippen molar-refractivity contribution in [3.05, 3.63) is 100 Å². The van der Waals surface area contributed by atoms with Crippen molar-refractivity contribution in [2.24, 2.45) is 0 Å². The lowest BCUT2D eigenvalue weighted by Crippen LogP contribution is -2.44. The Balaban J connectivity index is 1.23. The molecular formula is C33H36FN3O2S. The summed E-state index contributed by atoms with van der Waals surface area (Å²) in [5.74, 6) is -0.598. The van der Waals surface area contributed by atoms with Crippen molar-refractivity contribution < 1.29 is 14.0 Å². The fraction of sp³-hybridized carbons (Fsp3) is 0.333. The lowest BCUT2D eigenvalue weighted by molar-refractivity contribution is -0.114. The minimum absolute atomic E-state index is 0.0907. The number of fused-ring (bicyclic) bond motifs is 1. The molecule has 0 bridgehead atoms. The van der Waals surface area contributed by atoms with Gasteiger partial charge in [-0.2, -0.15) is 0 Å². The quantitative estimate of drug-likeness (QED) is 0.242. The Morgan fingerprint density at radius 3 is 2.45 bits per heavy atom. The van der Waals surface area contributed by atoms with Crippen LogP contribution in [-0.4, -0.2) is 41.9 Å². The maximum absolute atomic E-state index is 14.4. The summed E-state index contributed by atoms with van der Waals surface area (Å²) in [4.78, 5) is 31.9. The number of hydrogen-bond donors (Lipinski definition) is 1. The zero-order chi connectivity index (χ0) is 28.1. The molecule has 2 atom stereocenters. The van der Waals surface area contributed by atoms with E-state index in [1.807, 2.05) is 42.5 Å². The second-order valence-corrected chi connectivity index (χ2v) is 11.7. The number of carbonyl (C=O) groups excluding carboxylic acids is 2. The predicted molar refractivity (Wildman–Crippen MR) is 161 cm³/mol. The van der Waals surface area contributed by atoms with E-state index in [9.17, 15) is 14.0 Å². The van der Waals surface area contributed by atoms with Crippen LogP contribution in [0.3, 0.4) is 0 Å². The molecule has 2 aliphatic rings.